The number of hydrogen-bond acceptors (Lipinski definition) is 3. The first-order valence-electron chi connectivity index (χ1n) is 7.69. The Morgan fingerprint density at radius 1 is 1.33 bits per heavy atom. The number of hydrogen-bond donors (Lipinski definition) is 1. The number of aliphatic hydroxyl groups is 1. The third kappa shape index (κ3) is 3.20. The van der Waals surface area contributed by atoms with Crippen LogP contribution in [0.15, 0.2) is 6.07 Å². The van der Waals surface area contributed by atoms with E-state index >= 15 is 0 Å². The molecule has 0 bridgehead atoms. The number of aryl methyl sites for hydroxylation is 1. The van der Waals surface area contributed by atoms with Crippen LogP contribution in [0.3, 0.4) is 0 Å². The van der Waals surface area contributed by atoms with Crippen LogP contribution >= 0.6 is 11.6 Å². The van der Waals surface area contributed by atoms with Crippen LogP contribution in [0.2, 0.25) is 5.02 Å². The van der Waals surface area contributed by atoms with Crippen molar-refractivity contribution < 1.29 is 9.84 Å². The Balaban J connectivity index is 2.55. The third-order valence-electron chi connectivity index (χ3n) is 4.57. The molecule has 1 aliphatic heterocycles. The van der Waals surface area contributed by atoms with E-state index in [9.17, 15) is 5.11 Å². The number of aliphatic hydroxyl groups excluding tert-OH is 1. The Morgan fingerprint density at radius 3 is 2.48 bits per heavy atom. The minimum atomic E-state index is 0.148. The molecule has 4 heteroatoms. The van der Waals surface area contributed by atoms with Crippen molar-refractivity contribution in [1.82, 2.24) is 4.90 Å². The molecule has 0 aliphatic carbocycles. The first-order valence-corrected chi connectivity index (χ1v) is 8.07. The fourth-order valence-electron chi connectivity index (χ4n) is 3.42. The summed E-state index contributed by atoms with van der Waals surface area (Å²) in [6.07, 6.45) is 2.44. The van der Waals surface area contributed by atoms with Gasteiger partial charge in [-0.25, -0.2) is 0 Å². The molecular formula is C17H26ClNO2. The lowest BCUT2D eigenvalue weighted by molar-refractivity contribution is 0.123. The maximum absolute atomic E-state index is 9.70. The summed E-state index contributed by atoms with van der Waals surface area (Å²) in [5.74, 6) is 1.03. The number of rotatable bonds is 5. The predicted molar refractivity (Wildman–Crippen MR) is 87.3 cm³/mol. The lowest BCUT2D eigenvalue weighted by atomic mass is 9.89. The molecule has 0 amide bonds. The zero-order valence-corrected chi connectivity index (χ0v) is 14.2. The van der Waals surface area contributed by atoms with Gasteiger partial charge in [-0.2, -0.15) is 0 Å². The fraction of sp³-hybridized carbons (Fsp3) is 0.647. The summed E-state index contributed by atoms with van der Waals surface area (Å²) in [4.78, 5) is 2.46. The van der Waals surface area contributed by atoms with Crippen molar-refractivity contribution in [2.45, 2.75) is 39.7 Å². The summed E-state index contributed by atoms with van der Waals surface area (Å²) in [5, 5.41) is 10.5. The Morgan fingerprint density at radius 2 is 1.95 bits per heavy atom. The van der Waals surface area contributed by atoms with E-state index in [4.69, 9.17) is 16.3 Å². The maximum Gasteiger partial charge on any atom is 0.124 e. The molecule has 2 atom stereocenters. The molecule has 0 saturated carbocycles. The smallest absolute Gasteiger partial charge is 0.124 e. The van der Waals surface area contributed by atoms with Gasteiger partial charge in [-0.1, -0.05) is 18.5 Å². The Hall–Kier alpha value is -0.770. The molecule has 1 aromatic carbocycles. The number of ether oxygens (including phenoxy) is 1. The number of benzene rings is 1. The summed E-state index contributed by atoms with van der Waals surface area (Å²) in [7, 11) is 1.70. The van der Waals surface area contributed by atoms with Crippen LogP contribution in [0, 0.1) is 19.8 Å². The van der Waals surface area contributed by atoms with Gasteiger partial charge in [0.05, 0.1) is 7.11 Å². The van der Waals surface area contributed by atoms with Crippen molar-refractivity contribution in [1.29, 1.82) is 0 Å². The first-order chi connectivity index (χ1) is 10.0. The SMILES string of the molecule is COc1cc(C)c(Cl)c(C)c1C(C(C)CO)N1CCCC1. The molecular weight excluding hydrogens is 286 g/mol. The van der Waals surface area contributed by atoms with E-state index in [0.29, 0.717) is 0 Å². The van der Waals surface area contributed by atoms with E-state index in [-0.39, 0.29) is 18.6 Å². The molecule has 1 fully saturated rings. The summed E-state index contributed by atoms with van der Waals surface area (Å²) in [5.41, 5.74) is 3.24. The molecule has 1 N–H and O–H groups in total. The number of halogens is 1. The van der Waals surface area contributed by atoms with Gasteiger partial charge < -0.3 is 9.84 Å². The fourth-order valence-corrected chi connectivity index (χ4v) is 3.58. The average molecular weight is 312 g/mol. The van der Waals surface area contributed by atoms with E-state index in [2.05, 4.69) is 18.7 Å². The van der Waals surface area contributed by atoms with Gasteiger partial charge in [0.2, 0.25) is 0 Å². The van der Waals surface area contributed by atoms with Gasteiger partial charge in [0.1, 0.15) is 5.75 Å². The van der Waals surface area contributed by atoms with Gasteiger partial charge in [0.25, 0.3) is 0 Å². The quantitative estimate of drug-likeness (QED) is 0.899. The standard InChI is InChI=1S/C17H26ClNO2/c1-11-9-14(21-4)15(13(3)16(11)18)17(12(2)10-20)19-7-5-6-8-19/h9,12,17,20H,5-8,10H2,1-4H3. The Bertz CT molecular complexity index is 498. The highest BCUT2D eigenvalue weighted by molar-refractivity contribution is 6.32. The molecule has 1 saturated heterocycles. The molecule has 21 heavy (non-hydrogen) atoms. The molecule has 0 aromatic heterocycles. The van der Waals surface area contributed by atoms with Gasteiger partial charge in [-0.05, 0) is 62.9 Å². The second kappa shape index (κ2) is 6.99. The van der Waals surface area contributed by atoms with Crippen LogP contribution in [0.25, 0.3) is 0 Å². The summed E-state index contributed by atoms with van der Waals surface area (Å²) in [6.45, 7) is 8.46. The van der Waals surface area contributed by atoms with E-state index in [1.807, 2.05) is 13.0 Å². The Labute approximate surface area is 132 Å². The monoisotopic (exact) mass is 311 g/mol. The van der Waals surface area contributed by atoms with Crippen LogP contribution in [0.1, 0.15) is 42.5 Å². The highest BCUT2D eigenvalue weighted by Crippen LogP contribution is 2.42. The zero-order chi connectivity index (χ0) is 15.6. The third-order valence-corrected chi connectivity index (χ3v) is 5.15. The molecule has 0 radical (unpaired) electrons. The molecule has 3 nitrogen and oxygen atoms in total. The zero-order valence-electron chi connectivity index (χ0n) is 13.4. The van der Waals surface area contributed by atoms with Crippen molar-refractivity contribution in [2.24, 2.45) is 5.92 Å². The number of nitrogens with zero attached hydrogens (tertiary/aromatic N) is 1. The van der Waals surface area contributed by atoms with Crippen LogP contribution in [0.5, 0.6) is 5.75 Å². The van der Waals surface area contributed by atoms with Crippen LogP contribution in [0.4, 0.5) is 0 Å². The second-order valence-corrected chi connectivity index (χ2v) is 6.47. The molecule has 0 spiro atoms. The van der Waals surface area contributed by atoms with E-state index in [1.165, 1.54) is 12.8 Å². The van der Waals surface area contributed by atoms with Crippen molar-refractivity contribution in [2.75, 3.05) is 26.8 Å². The molecule has 1 aromatic rings. The minimum Gasteiger partial charge on any atom is -0.496 e. The van der Waals surface area contributed by atoms with Crippen molar-refractivity contribution in [3.63, 3.8) is 0 Å². The van der Waals surface area contributed by atoms with Gasteiger partial charge in [0, 0.05) is 23.2 Å². The van der Waals surface area contributed by atoms with Gasteiger partial charge in [-0.15, -0.1) is 0 Å². The van der Waals surface area contributed by atoms with E-state index in [1.54, 1.807) is 7.11 Å². The van der Waals surface area contributed by atoms with Crippen molar-refractivity contribution >= 4 is 11.6 Å². The lowest BCUT2D eigenvalue weighted by Gasteiger charge is -2.34. The lowest BCUT2D eigenvalue weighted by Crippen LogP contribution is -2.33. The van der Waals surface area contributed by atoms with Gasteiger partial charge >= 0.3 is 0 Å². The van der Waals surface area contributed by atoms with Crippen LogP contribution in [-0.2, 0) is 0 Å². The number of likely N-dealkylation sites (tertiary alicyclic amines) is 1. The highest BCUT2D eigenvalue weighted by Gasteiger charge is 2.32. The van der Waals surface area contributed by atoms with E-state index < -0.39 is 0 Å². The van der Waals surface area contributed by atoms with Crippen molar-refractivity contribution in [3.8, 4) is 5.75 Å². The summed E-state index contributed by atoms with van der Waals surface area (Å²) >= 11 is 6.47. The average Bonchev–Trinajstić information content (AvgIpc) is 3.00. The summed E-state index contributed by atoms with van der Waals surface area (Å²) < 4.78 is 5.63. The molecule has 1 heterocycles. The topological polar surface area (TPSA) is 32.7 Å². The largest absolute Gasteiger partial charge is 0.496 e. The highest BCUT2D eigenvalue weighted by atomic mass is 35.5. The van der Waals surface area contributed by atoms with Gasteiger partial charge in [0.15, 0.2) is 0 Å². The molecule has 1 aliphatic rings. The minimum absolute atomic E-state index is 0.148. The first kappa shape index (κ1) is 16.6. The van der Waals surface area contributed by atoms with E-state index in [0.717, 1.165) is 40.6 Å². The summed E-state index contributed by atoms with van der Waals surface area (Å²) in [6, 6.07) is 2.17. The second-order valence-electron chi connectivity index (χ2n) is 6.10. The maximum atomic E-state index is 9.70. The van der Waals surface area contributed by atoms with Crippen LogP contribution < -0.4 is 4.74 Å². The Kier molecular flexibility index (Phi) is 5.53. The van der Waals surface area contributed by atoms with Gasteiger partial charge in [-0.3, -0.25) is 4.90 Å². The molecule has 2 rings (SSSR count). The number of methoxy groups -OCH3 is 1. The van der Waals surface area contributed by atoms with Crippen molar-refractivity contribution in [3.05, 3.63) is 27.8 Å². The van der Waals surface area contributed by atoms with Crippen LogP contribution in [-0.4, -0.2) is 36.8 Å². The molecule has 2 unspecified atom stereocenters. The molecule has 118 valence electrons. The normalized spacial score (nSPS) is 18.8. The predicted octanol–water partition coefficient (Wildman–Crippen LogP) is 3.73.